The van der Waals surface area contributed by atoms with E-state index in [1.165, 1.54) is 28.8 Å². The van der Waals surface area contributed by atoms with Crippen LogP contribution in [0, 0.1) is 0 Å². The number of hydrogen-bond acceptors (Lipinski definition) is 1. The van der Waals surface area contributed by atoms with Gasteiger partial charge in [0.1, 0.15) is 0 Å². The Hall–Kier alpha value is -1.89. The predicted molar refractivity (Wildman–Crippen MR) is 76.2 cm³/mol. The van der Waals surface area contributed by atoms with Crippen molar-refractivity contribution in [1.82, 2.24) is 4.98 Å². The number of fused-ring (bicyclic) bond motifs is 1. The molecule has 1 heteroatoms. The molecule has 1 heterocycles. The number of rotatable bonds is 1. The van der Waals surface area contributed by atoms with Gasteiger partial charge in [0.05, 0.1) is 5.69 Å². The van der Waals surface area contributed by atoms with E-state index in [1.54, 1.807) is 0 Å². The molecule has 0 aliphatic heterocycles. The lowest BCUT2D eigenvalue weighted by Gasteiger charge is -2.09. The van der Waals surface area contributed by atoms with Crippen molar-refractivity contribution < 1.29 is 0 Å². The van der Waals surface area contributed by atoms with Crippen LogP contribution in [-0.2, 0) is 0 Å². The Labute approximate surface area is 108 Å². The lowest BCUT2D eigenvalue weighted by atomic mass is 9.98. The zero-order chi connectivity index (χ0) is 12.4. The van der Waals surface area contributed by atoms with E-state index in [4.69, 9.17) is 0 Å². The average Bonchev–Trinajstić information content (AvgIpc) is 2.60. The molecule has 0 saturated carbocycles. The highest BCUT2D eigenvalue weighted by Gasteiger charge is 2.16. The molecule has 1 aliphatic carbocycles. The third-order valence-corrected chi connectivity index (χ3v) is 3.66. The number of nitrogens with zero attached hydrogens (tertiary/aromatic N) is 1. The molecular formula is C17H17N. The van der Waals surface area contributed by atoms with Gasteiger partial charge in [-0.25, -0.2) is 0 Å². The van der Waals surface area contributed by atoms with E-state index in [0.717, 1.165) is 6.42 Å². The fraction of sp³-hybridized carbons (Fsp3) is 0.235. The molecule has 3 rings (SSSR count). The van der Waals surface area contributed by atoms with Crippen LogP contribution >= 0.6 is 0 Å². The van der Waals surface area contributed by atoms with E-state index in [0.29, 0.717) is 5.92 Å². The largest absolute Gasteiger partial charge is 0.260 e. The summed E-state index contributed by atoms with van der Waals surface area (Å²) < 4.78 is 0. The van der Waals surface area contributed by atoms with Gasteiger partial charge in [0.15, 0.2) is 0 Å². The minimum absolute atomic E-state index is 0.540. The molecule has 0 radical (unpaired) electrons. The third-order valence-electron chi connectivity index (χ3n) is 3.66. The van der Waals surface area contributed by atoms with Crippen molar-refractivity contribution in [2.75, 3.05) is 0 Å². The van der Waals surface area contributed by atoms with Crippen LogP contribution in [0.5, 0.6) is 0 Å². The van der Waals surface area contributed by atoms with Gasteiger partial charge in [0, 0.05) is 6.20 Å². The predicted octanol–water partition coefficient (Wildman–Crippen LogP) is 4.52. The molecule has 1 aliphatic rings. The van der Waals surface area contributed by atoms with Gasteiger partial charge in [-0.1, -0.05) is 43.3 Å². The molecule has 0 bridgehead atoms. The Kier molecular flexibility index (Phi) is 2.97. The summed E-state index contributed by atoms with van der Waals surface area (Å²) in [6.45, 7) is 2.27. The fourth-order valence-electron chi connectivity index (χ4n) is 2.61. The van der Waals surface area contributed by atoms with E-state index in [-0.39, 0.29) is 0 Å². The van der Waals surface area contributed by atoms with Crippen LogP contribution in [0.2, 0.25) is 0 Å². The molecule has 90 valence electrons. The second-order valence-corrected chi connectivity index (χ2v) is 4.95. The number of hydrogen-bond donors (Lipinski definition) is 0. The number of benzene rings is 1. The lowest BCUT2D eigenvalue weighted by molar-refractivity contribution is 0.680. The summed E-state index contributed by atoms with van der Waals surface area (Å²) in [5.74, 6) is 0.540. The molecule has 1 nitrogen and oxygen atoms in total. The van der Waals surface area contributed by atoms with Gasteiger partial charge in [-0.05, 0) is 47.6 Å². The fourth-order valence-corrected chi connectivity index (χ4v) is 2.61. The minimum Gasteiger partial charge on any atom is -0.260 e. The highest BCUT2D eigenvalue weighted by molar-refractivity contribution is 5.82. The van der Waals surface area contributed by atoms with Crippen molar-refractivity contribution in [2.24, 2.45) is 0 Å². The Morgan fingerprint density at radius 2 is 1.89 bits per heavy atom. The van der Waals surface area contributed by atoms with Crippen molar-refractivity contribution in [2.45, 2.75) is 25.7 Å². The molecule has 1 atom stereocenters. The van der Waals surface area contributed by atoms with Crippen molar-refractivity contribution in [3.8, 4) is 0 Å². The van der Waals surface area contributed by atoms with E-state index in [1.807, 2.05) is 12.3 Å². The first-order valence-electron chi connectivity index (χ1n) is 6.55. The summed E-state index contributed by atoms with van der Waals surface area (Å²) in [5.41, 5.74) is 5.28. The van der Waals surface area contributed by atoms with Crippen molar-refractivity contribution in [3.05, 3.63) is 65.5 Å². The highest BCUT2D eigenvalue weighted by atomic mass is 14.7. The number of allylic oxidation sites excluding steroid dienone is 1. The second kappa shape index (κ2) is 4.77. The van der Waals surface area contributed by atoms with Gasteiger partial charge >= 0.3 is 0 Å². The standard InChI is InChI=1S/C17H17N/c1-13-9-10-15(14-6-3-2-4-7-14)12-16-8-5-11-18-17(13)16/h2-8,11-13H,9-10H2,1H3. The van der Waals surface area contributed by atoms with Gasteiger partial charge < -0.3 is 0 Å². The molecule has 1 aromatic heterocycles. The summed E-state index contributed by atoms with van der Waals surface area (Å²) in [4.78, 5) is 4.54. The Morgan fingerprint density at radius 3 is 2.72 bits per heavy atom. The van der Waals surface area contributed by atoms with Crippen LogP contribution in [0.3, 0.4) is 0 Å². The zero-order valence-electron chi connectivity index (χ0n) is 10.6. The van der Waals surface area contributed by atoms with Crippen molar-refractivity contribution >= 4 is 11.6 Å². The molecule has 0 saturated heterocycles. The molecule has 0 fully saturated rings. The second-order valence-electron chi connectivity index (χ2n) is 4.95. The topological polar surface area (TPSA) is 12.9 Å². The summed E-state index contributed by atoms with van der Waals surface area (Å²) in [6.07, 6.45) is 6.50. The molecule has 0 spiro atoms. The van der Waals surface area contributed by atoms with Crippen LogP contribution in [0.1, 0.15) is 42.5 Å². The van der Waals surface area contributed by atoms with Crippen LogP contribution in [0.4, 0.5) is 0 Å². The van der Waals surface area contributed by atoms with Gasteiger partial charge in [0.2, 0.25) is 0 Å². The maximum Gasteiger partial charge on any atom is 0.0504 e. The average molecular weight is 235 g/mol. The summed E-state index contributed by atoms with van der Waals surface area (Å²) >= 11 is 0. The third kappa shape index (κ3) is 2.08. The molecule has 1 aromatic carbocycles. The first-order valence-corrected chi connectivity index (χ1v) is 6.55. The van der Waals surface area contributed by atoms with Gasteiger partial charge in [-0.15, -0.1) is 0 Å². The summed E-state index contributed by atoms with van der Waals surface area (Å²) in [6, 6.07) is 14.9. The van der Waals surface area contributed by atoms with Crippen LogP contribution < -0.4 is 0 Å². The SMILES string of the molecule is CC1CCC(c2ccccc2)=Cc2cccnc21. The Morgan fingerprint density at radius 1 is 1.06 bits per heavy atom. The summed E-state index contributed by atoms with van der Waals surface area (Å²) in [7, 11) is 0. The molecule has 0 N–H and O–H groups in total. The highest BCUT2D eigenvalue weighted by Crippen LogP contribution is 2.34. The maximum atomic E-state index is 4.54. The Bertz CT molecular complexity index is 569. The minimum atomic E-state index is 0.540. The van der Waals surface area contributed by atoms with Crippen LogP contribution in [0.15, 0.2) is 48.7 Å². The summed E-state index contributed by atoms with van der Waals surface area (Å²) in [5, 5.41) is 0. The number of aromatic nitrogens is 1. The van der Waals surface area contributed by atoms with E-state index >= 15 is 0 Å². The molecule has 0 amide bonds. The normalized spacial score (nSPS) is 18.7. The maximum absolute atomic E-state index is 4.54. The smallest absolute Gasteiger partial charge is 0.0504 e. The van der Waals surface area contributed by atoms with E-state index in [2.05, 4.69) is 54.4 Å². The lowest BCUT2D eigenvalue weighted by Crippen LogP contribution is -1.97. The first kappa shape index (κ1) is 11.2. The van der Waals surface area contributed by atoms with Crippen molar-refractivity contribution in [3.63, 3.8) is 0 Å². The van der Waals surface area contributed by atoms with Gasteiger partial charge in [-0.2, -0.15) is 0 Å². The molecule has 2 aromatic rings. The van der Waals surface area contributed by atoms with Crippen molar-refractivity contribution in [1.29, 1.82) is 0 Å². The zero-order valence-corrected chi connectivity index (χ0v) is 10.6. The quantitative estimate of drug-likeness (QED) is 0.708. The first-order chi connectivity index (χ1) is 8.84. The Balaban J connectivity index is 2.07. The molecule has 18 heavy (non-hydrogen) atoms. The monoisotopic (exact) mass is 235 g/mol. The van der Waals surface area contributed by atoms with E-state index in [9.17, 15) is 0 Å². The molecule has 1 unspecified atom stereocenters. The van der Waals surface area contributed by atoms with E-state index < -0.39 is 0 Å². The molecular weight excluding hydrogens is 218 g/mol. The van der Waals surface area contributed by atoms with Crippen LogP contribution in [0.25, 0.3) is 11.6 Å². The van der Waals surface area contributed by atoms with Crippen LogP contribution in [-0.4, -0.2) is 4.98 Å². The van der Waals surface area contributed by atoms with Gasteiger partial charge in [-0.3, -0.25) is 4.98 Å². The number of pyridine rings is 1. The van der Waals surface area contributed by atoms with Gasteiger partial charge in [0.25, 0.3) is 0 Å².